The van der Waals surface area contributed by atoms with Crippen molar-refractivity contribution in [2.24, 2.45) is 5.92 Å². The van der Waals surface area contributed by atoms with Crippen LogP contribution < -0.4 is 5.32 Å². The summed E-state index contributed by atoms with van der Waals surface area (Å²) in [6, 6.07) is 4.38. The summed E-state index contributed by atoms with van der Waals surface area (Å²) in [4.78, 5) is 0. The molecule has 1 aromatic carbocycles. The molecule has 1 atom stereocenters. The van der Waals surface area contributed by atoms with E-state index in [4.69, 9.17) is 9.84 Å². The highest BCUT2D eigenvalue weighted by atomic mass is 19.1. The van der Waals surface area contributed by atoms with E-state index < -0.39 is 5.82 Å². The number of nitrogens with one attached hydrogen (secondary N) is 1. The molecule has 0 aliphatic carbocycles. The van der Waals surface area contributed by atoms with E-state index in [0.717, 1.165) is 0 Å². The maximum atomic E-state index is 13.1. The Morgan fingerprint density at radius 3 is 2.62 bits per heavy atom. The minimum atomic E-state index is -0.620. The van der Waals surface area contributed by atoms with E-state index in [2.05, 4.69) is 19.2 Å². The Bertz CT molecular complexity index is 342. The van der Waals surface area contributed by atoms with Gasteiger partial charge in [0, 0.05) is 18.9 Å². The lowest BCUT2D eigenvalue weighted by atomic mass is 10.1. The van der Waals surface area contributed by atoms with Crippen LogP contribution in [0.15, 0.2) is 18.2 Å². The van der Waals surface area contributed by atoms with E-state index in [1.54, 1.807) is 13.2 Å². The zero-order valence-corrected chi connectivity index (χ0v) is 9.83. The topological polar surface area (TPSA) is 41.5 Å². The summed E-state index contributed by atoms with van der Waals surface area (Å²) in [6.45, 7) is 4.68. The van der Waals surface area contributed by atoms with Gasteiger partial charge in [0.2, 0.25) is 0 Å². The molecule has 1 rings (SSSR count). The normalized spacial score (nSPS) is 12.8. The van der Waals surface area contributed by atoms with Gasteiger partial charge in [-0.1, -0.05) is 13.8 Å². The van der Waals surface area contributed by atoms with Crippen LogP contribution in [-0.4, -0.2) is 24.9 Å². The fraction of sp³-hybridized carbons (Fsp3) is 0.500. The molecule has 0 fully saturated rings. The second kappa shape index (κ2) is 5.70. The van der Waals surface area contributed by atoms with Gasteiger partial charge in [0.1, 0.15) is 0 Å². The summed E-state index contributed by atoms with van der Waals surface area (Å²) >= 11 is 0. The molecule has 0 saturated carbocycles. The van der Waals surface area contributed by atoms with Crippen molar-refractivity contribution < 1.29 is 14.2 Å². The standard InChI is InChI=1S/C12H18FNO2/c1-8(2)11(7-16-3)14-9-4-5-12(15)10(13)6-9/h4-6,8,11,14-15H,7H2,1-3H3. The molecule has 1 aromatic rings. The first-order chi connectivity index (χ1) is 7.54. The van der Waals surface area contributed by atoms with E-state index in [-0.39, 0.29) is 11.8 Å². The van der Waals surface area contributed by atoms with Crippen LogP contribution >= 0.6 is 0 Å². The fourth-order valence-electron chi connectivity index (χ4n) is 1.39. The Hall–Kier alpha value is -1.29. The number of phenolic OH excluding ortho intramolecular Hbond substituents is 1. The van der Waals surface area contributed by atoms with Gasteiger partial charge < -0.3 is 15.2 Å². The third kappa shape index (κ3) is 3.38. The molecule has 0 aliphatic heterocycles. The van der Waals surface area contributed by atoms with Crippen LogP contribution in [-0.2, 0) is 4.74 Å². The highest BCUT2D eigenvalue weighted by Gasteiger charge is 2.13. The highest BCUT2D eigenvalue weighted by molar-refractivity contribution is 5.47. The number of hydrogen-bond donors (Lipinski definition) is 2. The molecule has 4 heteroatoms. The molecular weight excluding hydrogens is 209 g/mol. The monoisotopic (exact) mass is 227 g/mol. The van der Waals surface area contributed by atoms with Crippen molar-refractivity contribution in [3.05, 3.63) is 24.0 Å². The molecule has 3 nitrogen and oxygen atoms in total. The Kier molecular flexibility index (Phi) is 4.55. The molecule has 0 heterocycles. The maximum Gasteiger partial charge on any atom is 0.166 e. The summed E-state index contributed by atoms with van der Waals surface area (Å²) in [7, 11) is 1.63. The van der Waals surface area contributed by atoms with Crippen LogP contribution in [0.5, 0.6) is 5.75 Å². The van der Waals surface area contributed by atoms with Gasteiger partial charge in [-0.3, -0.25) is 0 Å². The lowest BCUT2D eigenvalue weighted by Crippen LogP contribution is -2.30. The predicted molar refractivity (Wildman–Crippen MR) is 62.2 cm³/mol. The van der Waals surface area contributed by atoms with E-state index in [9.17, 15) is 4.39 Å². The van der Waals surface area contributed by atoms with Gasteiger partial charge in [0.05, 0.1) is 12.6 Å². The van der Waals surface area contributed by atoms with Crippen molar-refractivity contribution in [3.8, 4) is 5.75 Å². The second-order valence-electron chi connectivity index (χ2n) is 4.12. The molecule has 0 aliphatic rings. The first-order valence-corrected chi connectivity index (χ1v) is 5.28. The summed E-state index contributed by atoms with van der Waals surface area (Å²) in [6.07, 6.45) is 0. The average molecular weight is 227 g/mol. The van der Waals surface area contributed by atoms with Crippen LogP contribution in [0.2, 0.25) is 0 Å². The highest BCUT2D eigenvalue weighted by Crippen LogP contribution is 2.21. The van der Waals surface area contributed by atoms with E-state index in [1.165, 1.54) is 12.1 Å². The quantitative estimate of drug-likeness (QED) is 0.760. The smallest absolute Gasteiger partial charge is 0.166 e. The van der Waals surface area contributed by atoms with Crippen LogP contribution in [0.1, 0.15) is 13.8 Å². The second-order valence-corrected chi connectivity index (χ2v) is 4.12. The van der Waals surface area contributed by atoms with Crippen molar-refractivity contribution in [1.29, 1.82) is 0 Å². The SMILES string of the molecule is COCC(Nc1ccc(O)c(F)c1)C(C)C. The maximum absolute atomic E-state index is 13.1. The van der Waals surface area contributed by atoms with Crippen molar-refractivity contribution >= 4 is 5.69 Å². The number of anilines is 1. The van der Waals surface area contributed by atoms with Gasteiger partial charge in [-0.2, -0.15) is 0 Å². The van der Waals surface area contributed by atoms with E-state index in [0.29, 0.717) is 18.2 Å². The largest absolute Gasteiger partial charge is 0.505 e. The molecule has 0 spiro atoms. The molecule has 0 radical (unpaired) electrons. The Morgan fingerprint density at radius 1 is 1.44 bits per heavy atom. The number of halogens is 1. The summed E-state index contributed by atoms with van der Waals surface area (Å²) in [5, 5.41) is 12.2. The van der Waals surface area contributed by atoms with Gasteiger partial charge in [-0.15, -0.1) is 0 Å². The lowest BCUT2D eigenvalue weighted by Gasteiger charge is -2.22. The Labute approximate surface area is 95.2 Å². The Morgan fingerprint density at radius 2 is 2.12 bits per heavy atom. The van der Waals surface area contributed by atoms with Gasteiger partial charge in [-0.05, 0) is 18.1 Å². The zero-order valence-electron chi connectivity index (χ0n) is 9.83. The van der Waals surface area contributed by atoms with E-state index >= 15 is 0 Å². The fourth-order valence-corrected chi connectivity index (χ4v) is 1.39. The van der Waals surface area contributed by atoms with Crippen molar-refractivity contribution in [2.75, 3.05) is 19.0 Å². The number of benzene rings is 1. The van der Waals surface area contributed by atoms with Crippen molar-refractivity contribution in [3.63, 3.8) is 0 Å². The predicted octanol–water partition coefficient (Wildman–Crippen LogP) is 2.61. The minimum absolute atomic E-state index is 0.119. The van der Waals surface area contributed by atoms with Crippen LogP contribution in [0, 0.1) is 11.7 Å². The third-order valence-corrected chi connectivity index (χ3v) is 2.45. The van der Waals surface area contributed by atoms with Gasteiger partial charge in [-0.25, -0.2) is 4.39 Å². The molecule has 2 N–H and O–H groups in total. The zero-order chi connectivity index (χ0) is 12.1. The van der Waals surface area contributed by atoms with Crippen LogP contribution in [0.3, 0.4) is 0 Å². The molecule has 90 valence electrons. The number of rotatable bonds is 5. The lowest BCUT2D eigenvalue weighted by molar-refractivity contribution is 0.171. The van der Waals surface area contributed by atoms with Gasteiger partial charge in [0.15, 0.2) is 11.6 Å². The summed E-state index contributed by atoms with van der Waals surface area (Å²) in [5.74, 6) is -0.583. The molecular formula is C12H18FNO2. The number of aromatic hydroxyl groups is 1. The van der Waals surface area contributed by atoms with Gasteiger partial charge in [0.25, 0.3) is 0 Å². The minimum Gasteiger partial charge on any atom is -0.505 e. The molecule has 0 saturated heterocycles. The first kappa shape index (κ1) is 12.8. The van der Waals surface area contributed by atoms with E-state index in [1.807, 2.05) is 0 Å². The molecule has 0 amide bonds. The Balaban J connectivity index is 2.73. The summed E-state index contributed by atoms with van der Waals surface area (Å²) < 4.78 is 18.2. The number of methoxy groups -OCH3 is 1. The molecule has 1 unspecified atom stereocenters. The molecule has 0 bridgehead atoms. The van der Waals surface area contributed by atoms with Crippen LogP contribution in [0.4, 0.5) is 10.1 Å². The van der Waals surface area contributed by atoms with Crippen molar-refractivity contribution in [1.82, 2.24) is 0 Å². The average Bonchev–Trinajstić information content (AvgIpc) is 2.22. The number of phenols is 1. The van der Waals surface area contributed by atoms with Crippen molar-refractivity contribution in [2.45, 2.75) is 19.9 Å². The summed E-state index contributed by atoms with van der Waals surface area (Å²) in [5.41, 5.74) is 0.644. The van der Waals surface area contributed by atoms with Crippen LogP contribution in [0.25, 0.3) is 0 Å². The number of ether oxygens (including phenoxy) is 1. The molecule has 0 aromatic heterocycles. The first-order valence-electron chi connectivity index (χ1n) is 5.28. The third-order valence-electron chi connectivity index (χ3n) is 2.45. The number of hydrogen-bond acceptors (Lipinski definition) is 3. The molecule has 16 heavy (non-hydrogen) atoms. The van der Waals surface area contributed by atoms with Gasteiger partial charge >= 0.3 is 0 Å².